The number of benzene rings is 2. The van der Waals surface area contributed by atoms with Crippen LogP contribution in [0.2, 0.25) is 0 Å². The highest BCUT2D eigenvalue weighted by Gasteiger charge is 2.19. The maximum absolute atomic E-state index is 13.1. The fraction of sp³-hybridized carbons (Fsp3) is 0.105. The molecule has 0 aliphatic heterocycles. The number of hydrogen-bond acceptors (Lipinski definition) is 7. The van der Waals surface area contributed by atoms with Crippen LogP contribution in [-0.2, 0) is 0 Å². The number of halogens is 1. The molecular weight excluding hydrogens is 395 g/mol. The molecule has 0 bridgehead atoms. The van der Waals surface area contributed by atoms with Crippen LogP contribution in [0.1, 0.15) is 16.1 Å². The van der Waals surface area contributed by atoms with E-state index in [2.05, 4.69) is 25.0 Å². The molecule has 2 aromatic carbocycles. The summed E-state index contributed by atoms with van der Waals surface area (Å²) in [6, 6.07) is 12.8. The van der Waals surface area contributed by atoms with Gasteiger partial charge in [-0.15, -0.1) is 5.10 Å². The van der Waals surface area contributed by atoms with E-state index in [1.165, 1.54) is 19.2 Å². The third-order valence-electron chi connectivity index (χ3n) is 4.18. The second-order valence-electron chi connectivity index (χ2n) is 5.99. The van der Waals surface area contributed by atoms with E-state index in [1.807, 2.05) is 6.92 Å². The first-order chi connectivity index (χ1) is 14.1. The number of carbonyl (C=O) groups is 1. The van der Waals surface area contributed by atoms with Gasteiger partial charge in [-0.2, -0.15) is 9.36 Å². The molecule has 10 heteroatoms. The summed E-state index contributed by atoms with van der Waals surface area (Å²) in [7, 11) is 1.50. The number of nitrogens with zero attached hydrogens (tertiary/aromatic N) is 5. The van der Waals surface area contributed by atoms with Crippen molar-refractivity contribution < 1.29 is 13.9 Å². The van der Waals surface area contributed by atoms with Crippen molar-refractivity contribution in [1.29, 1.82) is 0 Å². The maximum Gasteiger partial charge on any atom is 0.261 e. The summed E-state index contributed by atoms with van der Waals surface area (Å²) in [4.78, 5) is 16.9. The third kappa shape index (κ3) is 3.69. The second-order valence-corrected chi connectivity index (χ2v) is 6.74. The molecule has 4 aromatic rings. The van der Waals surface area contributed by atoms with Crippen LogP contribution in [0.5, 0.6) is 5.75 Å². The number of amides is 1. The molecular formula is C19H15FN6O2S. The van der Waals surface area contributed by atoms with E-state index in [-0.39, 0.29) is 11.7 Å². The topological polar surface area (TPSA) is 94.8 Å². The Morgan fingerprint density at radius 1 is 1.17 bits per heavy atom. The Labute approximate surface area is 169 Å². The molecule has 0 saturated heterocycles. The van der Waals surface area contributed by atoms with E-state index in [4.69, 9.17) is 4.74 Å². The van der Waals surface area contributed by atoms with Gasteiger partial charge >= 0.3 is 0 Å². The number of carbonyl (C=O) groups excluding carboxylic acids is 1. The summed E-state index contributed by atoms with van der Waals surface area (Å²) in [6.45, 7) is 1.81. The predicted octanol–water partition coefficient (Wildman–Crippen LogP) is 3.49. The fourth-order valence-electron chi connectivity index (χ4n) is 2.73. The van der Waals surface area contributed by atoms with Crippen molar-refractivity contribution in [3.8, 4) is 23.0 Å². The van der Waals surface area contributed by atoms with E-state index in [9.17, 15) is 9.18 Å². The van der Waals surface area contributed by atoms with Gasteiger partial charge in [0.05, 0.1) is 24.1 Å². The Hall–Kier alpha value is -3.66. The minimum absolute atomic E-state index is 0.326. The summed E-state index contributed by atoms with van der Waals surface area (Å²) >= 11 is 1.04. The van der Waals surface area contributed by atoms with Gasteiger partial charge in [0.15, 0.2) is 11.5 Å². The molecule has 1 amide bonds. The second kappa shape index (κ2) is 7.76. The van der Waals surface area contributed by atoms with Crippen LogP contribution in [0.3, 0.4) is 0 Å². The lowest BCUT2D eigenvalue weighted by Gasteiger charge is -2.06. The van der Waals surface area contributed by atoms with E-state index in [1.54, 1.807) is 41.1 Å². The normalized spacial score (nSPS) is 10.7. The summed E-state index contributed by atoms with van der Waals surface area (Å²) in [5.74, 6) is 0.129. The molecule has 4 rings (SSSR count). The molecule has 2 heterocycles. The molecule has 0 aliphatic rings. The largest absolute Gasteiger partial charge is 0.496 e. The highest BCUT2D eigenvalue weighted by Crippen LogP contribution is 2.25. The molecule has 0 aliphatic carbocycles. The van der Waals surface area contributed by atoms with Gasteiger partial charge < -0.3 is 4.74 Å². The van der Waals surface area contributed by atoms with Crippen LogP contribution in [0.4, 0.5) is 9.52 Å². The summed E-state index contributed by atoms with van der Waals surface area (Å²) in [6.07, 6.45) is 0. The van der Waals surface area contributed by atoms with Crippen LogP contribution in [0, 0.1) is 12.7 Å². The monoisotopic (exact) mass is 410 g/mol. The molecule has 0 unspecified atom stereocenters. The Kier molecular flexibility index (Phi) is 5.00. The molecule has 146 valence electrons. The van der Waals surface area contributed by atoms with Crippen molar-refractivity contribution in [2.24, 2.45) is 0 Å². The number of hydrogen-bond donors (Lipinski definition) is 1. The van der Waals surface area contributed by atoms with Gasteiger partial charge in [0.2, 0.25) is 5.13 Å². The van der Waals surface area contributed by atoms with E-state index >= 15 is 0 Å². The number of ether oxygens (including phenoxy) is 1. The Bertz CT molecular complexity index is 1170. The molecule has 29 heavy (non-hydrogen) atoms. The van der Waals surface area contributed by atoms with E-state index in [0.717, 1.165) is 11.5 Å². The lowest BCUT2D eigenvalue weighted by Crippen LogP contribution is -2.12. The first-order valence-corrected chi connectivity index (χ1v) is 9.31. The first kappa shape index (κ1) is 18.7. The number of nitrogens with one attached hydrogen (secondary N) is 1. The average molecular weight is 410 g/mol. The van der Waals surface area contributed by atoms with Gasteiger partial charge in [-0.05, 0) is 43.3 Å². The van der Waals surface area contributed by atoms with Crippen LogP contribution < -0.4 is 10.1 Å². The van der Waals surface area contributed by atoms with E-state index in [0.29, 0.717) is 39.3 Å². The molecule has 0 fully saturated rings. The molecule has 0 spiro atoms. The zero-order chi connectivity index (χ0) is 20.4. The van der Waals surface area contributed by atoms with Gasteiger partial charge in [-0.3, -0.25) is 10.1 Å². The lowest BCUT2D eigenvalue weighted by atomic mass is 10.2. The first-order valence-electron chi connectivity index (χ1n) is 8.53. The van der Waals surface area contributed by atoms with E-state index < -0.39 is 0 Å². The van der Waals surface area contributed by atoms with Crippen LogP contribution in [-0.4, -0.2) is 37.4 Å². The van der Waals surface area contributed by atoms with Crippen molar-refractivity contribution in [2.75, 3.05) is 12.4 Å². The van der Waals surface area contributed by atoms with Gasteiger partial charge in [-0.25, -0.2) is 9.07 Å². The average Bonchev–Trinajstić information content (AvgIpc) is 3.35. The quantitative estimate of drug-likeness (QED) is 0.541. The molecule has 2 aromatic heterocycles. The van der Waals surface area contributed by atoms with Crippen molar-refractivity contribution in [3.05, 3.63) is 65.6 Å². The fourth-order valence-corrected chi connectivity index (χ4v) is 3.30. The summed E-state index contributed by atoms with van der Waals surface area (Å²) in [5.41, 5.74) is 2.23. The molecule has 1 N–H and O–H groups in total. The highest BCUT2D eigenvalue weighted by molar-refractivity contribution is 7.10. The molecule has 8 nitrogen and oxygen atoms in total. The zero-order valence-electron chi connectivity index (χ0n) is 15.5. The Balaban J connectivity index is 1.57. The SMILES string of the molecule is COc1ccccc1C(=O)Nc1nc(-c2nnn(-c3ccc(F)cc3)c2C)ns1. The molecule has 0 radical (unpaired) electrons. The summed E-state index contributed by atoms with van der Waals surface area (Å²) < 4.78 is 24.2. The van der Waals surface area contributed by atoms with Crippen molar-refractivity contribution in [3.63, 3.8) is 0 Å². The number of aromatic nitrogens is 5. The van der Waals surface area contributed by atoms with Gasteiger partial charge in [-0.1, -0.05) is 17.3 Å². The minimum atomic E-state index is -0.350. The van der Waals surface area contributed by atoms with Crippen molar-refractivity contribution >= 4 is 22.6 Å². The Morgan fingerprint density at radius 3 is 2.69 bits per heavy atom. The van der Waals surface area contributed by atoms with Crippen molar-refractivity contribution in [1.82, 2.24) is 24.4 Å². The van der Waals surface area contributed by atoms with Gasteiger partial charge in [0.1, 0.15) is 11.6 Å². The van der Waals surface area contributed by atoms with Crippen LogP contribution >= 0.6 is 11.5 Å². The zero-order valence-corrected chi connectivity index (χ0v) is 16.3. The van der Waals surface area contributed by atoms with Gasteiger partial charge in [0.25, 0.3) is 5.91 Å². The Morgan fingerprint density at radius 2 is 1.93 bits per heavy atom. The number of methoxy groups -OCH3 is 1. The maximum atomic E-state index is 13.1. The standard InChI is InChI=1S/C19H15FN6O2S/c1-11-16(23-25-26(11)13-9-7-12(20)8-10-13)17-21-19(29-24-17)22-18(27)14-5-3-4-6-15(14)28-2/h3-10H,1-2H3,(H,21,22,24,27). The smallest absolute Gasteiger partial charge is 0.261 e. The number of rotatable bonds is 5. The van der Waals surface area contributed by atoms with Crippen LogP contribution in [0.15, 0.2) is 48.5 Å². The molecule has 0 saturated carbocycles. The van der Waals surface area contributed by atoms with Crippen LogP contribution in [0.25, 0.3) is 17.2 Å². The third-order valence-corrected chi connectivity index (χ3v) is 4.81. The summed E-state index contributed by atoms with van der Waals surface area (Å²) in [5, 5.41) is 11.3. The lowest BCUT2D eigenvalue weighted by molar-refractivity contribution is 0.102. The number of anilines is 1. The number of para-hydroxylation sites is 1. The highest BCUT2D eigenvalue weighted by atomic mass is 32.1. The minimum Gasteiger partial charge on any atom is -0.496 e. The molecule has 0 atom stereocenters. The van der Waals surface area contributed by atoms with Crippen molar-refractivity contribution in [2.45, 2.75) is 6.92 Å². The predicted molar refractivity (Wildman–Crippen MR) is 106 cm³/mol. The van der Waals surface area contributed by atoms with Gasteiger partial charge in [0, 0.05) is 11.5 Å².